The number of halogens is 1. The molecule has 0 bridgehead atoms. The minimum absolute atomic E-state index is 0.00571. The zero-order chi connectivity index (χ0) is 25.6. The second kappa shape index (κ2) is 11.5. The van der Waals surface area contributed by atoms with Gasteiger partial charge in [-0.25, -0.2) is 13.2 Å². The second-order valence-electron chi connectivity index (χ2n) is 8.56. The molecule has 0 saturated carbocycles. The fourth-order valence-electron chi connectivity index (χ4n) is 4.46. The number of benzene rings is 2. The molecular weight excluding hydrogens is 489 g/mol. The SMILES string of the molecule is CCCC1(CC)CN(c2ccccc2)c2cc(SC)c(O/C=C(\F)C(=O)OCC)cc2S(=O)(=O)C1. The van der Waals surface area contributed by atoms with E-state index in [1.165, 1.54) is 17.8 Å². The summed E-state index contributed by atoms with van der Waals surface area (Å²) in [5.74, 6) is -2.17. The van der Waals surface area contributed by atoms with Crippen molar-refractivity contribution in [2.75, 3.05) is 30.1 Å². The molecule has 0 fully saturated rings. The van der Waals surface area contributed by atoms with Crippen molar-refractivity contribution in [3.63, 3.8) is 0 Å². The molecule has 1 aliphatic rings. The molecule has 6 nitrogen and oxygen atoms in total. The van der Waals surface area contributed by atoms with Crippen LogP contribution in [0.4, 0.5) is 15.8 Å². The van der Waals surface area contributed by atoms with Crippen molar-refractivity contribution in [3.8, 4) is 5.75 Å². The number of fused-ring (bicyclic) bond motifs is 1. The standard InChI is InChI=1S/C26H32FNO5S2/c1-5-13-26(6-2)17-28(19-11-9-8-10-12-19)21-14-23(34-4)22(15-24(21)35(30,31)18-26)33-16-20(27)25(29)32-7-3/h8-12,14-16H,5-7,13,17-18H2,1-4H3/b20-16-. The van der Waals surface area contributed by atoms with Crippen molar-refractivity contribution in [1.82, 2.24) is 0 Å². The van der Waals surface area contributed by atoms with Crippen LogP contribution < -0.4 is 9.64 Å². The van der Waals surface area contributed by atoms with Crippen LogP contribution in [0.5, 0.6) is 5.75 Å². The number of carbonyl (C=O) groups is 1. The number of carbonyl (C=O) groups excluding carboxylic acids is 1. The van der Waals surface area contributed by atoms with E-state index in [0.29, 0.717) is 29.8 Å². The smallest absolute Gasteiger partial charge is 0.370 e. The van der Waals surface area contributed by atoms with Crippen molar-refractivity contribution in [3.05, 3.63) is 54.6 Å². The number of sulfone groups is 1. The molecule has 0 aromatic heterocycles. The maximum absolute atomic E-state index is 14.1. The number of rotatable bonds is 9. The molecule has 1 atom stereocenters. The van der Waals surface area contributed by atoms with E-state index in [0.717, 1.165) is 18.5 Å². The van der Waals surface area contributed by atoms with Crippen molar-refractivity contribution in [2.24, 2.45) is 5.41 Å². The monoisotopic (exact) mass is 521 g/mol. The normalized spacial score (nSPS) is 19.6. The summed E-state index contributed by atoms with van der Waals surface area (Å²) < 4.78 is 51.7. The lowest BCUT2D eigenvalue weighted by Gasteiger charge is -2.36. The fourth-order valence-corrected chi connectivity index (χ4v) is 7.18. The molecule has 0 aliphatic carbocycles. The molecule has 1 aliphatic heterocycles. The molecule has 2 aromatic carbocycles. The second-order valence-corrected chi connectivity index (χ2v) is 11.4. The number of esters is 1. The Kier molecular flexibility index (Phi) is 8.88. The maximum atomic E-state index is 14.1. The van der Waals surface area contributed by atoms with Crippen LogP contribution >= 0.6 is 11.8 Å². The fraction of sp³-hybridized carbons (Fsp3) is 0.423. The Labute approximate surface area is 211 Å². The molecule has 0 amide bonds. The van der Waals surface area contributed by atoms with E-state index in [1.54, 1.807) is 13.0 Å². The minimum atomic E-state index is -3.71. The number of hydrogen-bond donors (Lipinski definition) is 0. The molecule has 9 heteroatoms. The molecular formula is C26H32FNO5S2. The lowest BCUT2D eigenvalue weighted by atomic mass is 9.82. The van der Waals surface area contributed by atoms with Gasteiger partial charge < -0.3 is 14.4 Å². The van der Waals surface area contributed by atoms with Gasteiger partial charge in [0.25, 0.3) is 0 Å². The number of para-hydroxylation sites is 1. The van der Waals surface area contributed by atoms with Gasteiger partial charge in [-0.1, -0.05) is 38.5 Å². The van der Waals surface area contributed by atoms with Gasteiger partial charge in [0.2, 0.25) is 5.83 Å². The van der Waals surface area contributed by atoms with Crippen LogP contribution in [0.3, 0.4) is 0 Å². The first kappa shape index (κ1) is 27.1. The Morgan fingerprint density at radius 2 is 1.91 bits per heavy atom. The quantitative estimate of drug-likeness (QED) is 0.166. The van der Waals surface area contributed by atoms with Gasteiger partial charge in [-0.2, -0.15) is 4.39 Å². The maximum Gasteiger partial charge on any atom is 0.370 e. The summed E-state index contributed by atoms with van der Waals surface area (Å²) in [6.45, 7) is 6.26. The van der Waals surface area contributed by atoms with Gasteiger partial charge in [0.05, 0.1) is 27.8 Å². The van der Waals surface area contributed by atoms with Gasteiger partial charge in [-0.05, 0) is 44.2 Å². The molecule has 2 aromatic rings. The summed E-state index contributed by atoms with van der Waals surface area (Å²) in [4.78, 5) is 14.4. The van der Waals surface area contributed by atoms with Gasteiger partial charge in [-0.15, -0.1) is 11.8 Å². The van der Waals surface area contributed by atoms with E-state index in [1.807, 2.05) is 43.5 Å². The average Bonchev–Trinajstić information content (AvgIpc) is 2.94. The van der Waals surface area contributed by atoms with Crippen LogP contribution in [0.25, 0.3) is 0 Å². The Hall–Kier alpha value is -2.52. The lowest BCUT2D eigenvalue weighted by molar-refractivity contribution is -0.140. The highest BCUT2D eigenvalue weighted by Crippen LogP contribution is 2.47. The van der Waals surface area contributed by atoms with Crippen LogP contribution in [0.15, 0.2) is 64.3 Å². The molecule has 190 valence electrons. The summed E-state index contributed by atoms with van der Waals surface area (Å²) in [6.07, 6.45) is 4.83. The van der Waals surface area contributed by atoms with E-state index in [2.05, 4.69) is 16.6 Å². The number of nitrogens with zero attached hydrogens (tertiary/aromatic N) is 1. The predicted octanol–water partition coefficient (Wildman–Crippen LogP) is 6.28. The Bertz CT molecular complexity index is 1180. The first-order valence-corrected chi connectivity index (χ1v) is 14.5. The molecule has 3 rings (SSSR count). The van der Waals surface area contributed by atoms with Crippen LogP contribution in [0.1, 0.15) is 40.0 Å². The third-order valence-electron chi connectivity index (χ3n) is 6.22. The van der Waals surface area contributed by atoms with Gasteiger partial charge >= 0.3 is 5.97 Å². The topological polar surface area (TPSA) is 72.9 Å². The van der Waals surface area contributed by atoms with Crippen molar-refractivity contribution < 1.29 is 27.1 Å². The van der Waals surface area contributed by atoms with Crippen molar-refractivity contribution in [1.29, 1.82) is 0 Å². The Morgan fingerprint density at radius 1 is 1.20 bits per heavy atom. The third-order valence-corrected chi connectivity index (χ3v) is 8.97. The molecule has 0 radical (unpaired) electrons. The molecule has 0 spiro atoms. The predicted molar refractivity (Wildman–Crippen MR) is 138 cm³/mol. The minimum Gasteiger partial charge on any atom is -0.461 e. The van der Waals surface area contributed by atoms with E-state index < -0.39 is 27.0 Å². The summed E-state index contributed by atoms with van der Waals surface area (Å²) in [7, 11) is -3.71. The number of anilines is 2. The summed E-state index contributed by atoms with van der Waals surface area (Å²) in [5.41, 5.74) is 1.03. The Balaban J connectivity index is 2.19. The van der Waals surface area contributed by atoms with Crippen LogP contribution in [0.2, 0.25) is 0 Å². The number of hydrogen-bond acceptors (Lipinski definition) is 7. The van der Waals surface area contributed by atoms with Gasteiger partial charge in [0.15, 0.2) is 9.84 Å². The molecule has 35 heavy (non-hydrogen) atoms. The van der Waals surface area contributed by atoms with Crippen molar-refractivity contribution >= 4 is 38.9 Å². The zero-order valence-corrected chi connectivity index (χ0v) is 22.2. The van der Waals surface area contributed by atoms with E-state index in [-0.39, 0.29) is 23.0 Å². The van der Waals surface area contributed by atoms with E-state index in [4.69, 9.17) is 4.74 Å². The highest BCUT2D eigenvalue weighted by Gasteiger charge is 2.41. The summed E-state index contributed by atoms with van der Waals surface area (Å²) >= 11 is 1.34. The average molecular weight is 522 g/mol. The Morgan fingerprint density at radius 3 is 2.51 bits per heavy atom. The highest BCUT2D eigenvalue weighted by molar-refractivity contribution is 7.98. The van der Waals surface area contributed by atoms with Gasteiger partial charge in [-0.3, -0.25) is 0 Å². The summed E-state index contributed by atoms with van der Waals surface area (Å²) in [5, 5.41) is 0. The zero-order valence-electron chi connectivity index (χ0n) is 20.5. The third kappa shape index (κ3) is 6.01. The molecule has 1 unspecified atom stereocenters. The van der Waals surface area contributed by atoms with Gasteiger partial charge in [0, 0.05) is 23.7 Å². The van der Waals surface area contributed by atoms with Crippen LogP contribution in [-0.4, -0.2) is 39.5 Å². The molecule has 1 heterocycles. The molecule has 0 N–H and O–H groups in total. The van der Waals surface area contributed by atoms with Crippen LogP contribution in [0, 0.1) is 5.41 Å². The first-order chi connectivity index (χ1) is 16.7. The van der Waals surface area contributed by atoms with Gasteiger partial charge in [0.1, 0.15) is 12.0 Å². The molecule has 0 saturated heterocycles. The van der Waals surface area contributed by atoms with E-state index in [9.17, 15) is 17.6 Å². The summed E-state index contributed by atoms with van der Waals surface area (Å²) in [6, 6.07) is 12.9. The number of thioether (sulfide) groups is 1. The first-order valence-electron chi connectivity index (χ1n) is 11.7. The highest BCUT2D eigenvalue weighted by atomic mass is 32.2. The van der Waals surface area contributed by atoms with Crippen molar-refractivity contribution in [2.45, 2.75) is 49.8 Å². The number of ether oxygens (including phenoxy) is 2. The van der Waals surface area contributed by atoms with Crippen LogP contribution in [-0.2, 0) is 19.4 Å². The lowest BCUT2D eigenvalue weighted by Crippen LogP contribution is -2.37. The largest absolute Gasteiger partial charge is 0.461 e. The van der Waals surface area contributed by atoms with E-state index >= 15 is 0 Å².